The van der Waals surface area contributed by atoms with Gasteiger partial charge in [-0.2, -0.15) is 0 Å². The molecule has 0 saturated heterocycles. The van der Waals surface area contributed by atoms with Gasteiger partial charge >= 0.3 is 0 Å². The molecule has 0 spiro atoms. The molecular formula is C43H67N9O6. The van der Waals surface area contributed by atoms with Crippen LogP contribution in [-0.2, 0) is 48.0 Å². The van der Waals surface area contributed by atoms with Crippen molar-refractivity contribution < 1.29 is 28.8 Å². The number of H-pyrrole nitrogens is 3. The van der Waals surface area contributed by atoms with Gasteiger partial charge in [0, 0.05) is 80.1 Å². The van der Waals surface area contributed by atoms with Crippen molar-refractivity contribution in [2.45, 2.75) is 168 Å². The van der Waals surface area contributed by atoms with E-state index in [1.54, 1.807) is 32.4 Å². The lowest BCUT2D eigenvalue weighted by Gasteiger charge is -2.24. The third kappa shape index (κ3) is 18.5. The lowest BCUT2D eigenvalue weighted by Crippen LogP contribution is -2.48. The zero-order valence-electron chi connectivity index (χ0n) is 35.1. The maximum atomic E-state index is 13.9. The summed E-state index contributed by atoms with van der Waals surface area (Å²) in [6.45, 7) is 6.79. The van der Waals surface area contributed by atoms with E-state index in [-0.39, 0.29) is 49.6 Å². The van der Waals surface area contributed by atoms with Crippen LogP contribution in [0.15, 0.2) is 37.6 Å². The SMILES string of the molecule is CCCCCCCCCCCCCCCC(=O)N[C@@H](Cc1cnc[nH]1)C(=O)C[C@@H](C)C(=O)N[C@H](Cc1cnc[nH]1)C(=O)C[C@H](Cc1cnc[nH]1)C(=O)N[C@@H](C)C(C)=O. The van der Waals surface area contributed by atoms with Crippen LogP contribution in [0.1, 0.15) is 148 Å². The lowest BCUT2D eigenvalue weighted by molar-refractivity contribution is -0.134. The molecule has 0 aliphatic carbocycles. The Morgan fingerprint density at radius 1 is 0.569 bits per heavy atom. The number of hydrogen-bond donors (Lipinski definition) is 6. The van der Waals surface area contributed by atoms with Gasteiger partial charge in [-0.05, 0) is 20.3 Å². The summed E-state index contributed by atoms with van der Waals surface area (Å²) in [5, 5.41) is 8.40. The van der Waals surface area contributed by atoms with Gasteiger partial charge in [-0.15, -0.1) is 0 Å². The summed E-state index contributed by atoms with van der Waals surface area (Å²) in [6.07, 6.45) is 25.1. The number of aromatic nitrogens is 6. The zero-order chi connectivity index (χ0) is 42.1. The van der Waals surface area contributed by atoms with Crippen molar-refractivity contribution in [2.24, 2.45) is 11.8 Å². The smallest absolute Gasteiger partial charge is 0.224 e. The Morgan fingerprint density at radius 2 is 1.02 bits per heavy atom. The molecule has 6 N–H and O–H groups in total. The molecule has 0 aromatic carbocycles. The van der Waals surface area contributed by atoms with Crippen molar-refractivity contribution in [3.8, 4) is 0 Å². The quantitative estimate of drug-likeness (QED) is 0.0432. The highest BCUT2D eigenvalue weighted by atomic mass is 16.2. The van der Waals surface area contributed by atoms with Crippen molar-refractivity contribution in [3.63, 3.8) is 0 Å². The summed E-state index contributed by atoms with van der Waals surface area (Å²) >= 11 is 0. The summed E-state index contributed by atoms with van der Waals surface area (Å²) in [7, 11) is 0. The third-order valence-electron chi connectivity index (χ3n) is 10.7. The van der Waals surface area contributed by atoms with Gasteiger partial charge in [-0.1, -0.05) is 90.9 Å². The zero-order valence-corrected chi connectivity index (χ0v) is 35.1. The summed E-state index contributed by atoms with van der Waals surface area (Å²) in [5.74, 6) is -3.87. The number of Topliss-reactive ketones (excluding diaryl/α,β-unsaturated/α-hetero) is 3. The van der Waals surface area contributed by atoms with Gasteiger partial charge in [0.25, 0.3) is 0 Å². The minimum atomic E-state index is -1.05. The molecule has 3 heterocycles. The molecule has 15 heteroatoms. The van der Waals surface area contributed by atoms with Crippen LogP contribution in [0.5, 0.6) is 0 Å². The second kappa shape index (κ2) is 26.9. The Hall–Kier alpha value is -4.95. The number of rotatable bonds is 32. The highest BCUT2D eigenvalue weighted by Gasteiger charge is 2.32. The van der Waals surface area contributed by atoms with Gasteiger partial charge in [0.05, 0.1) is 43.0 Å². The number of carbonyl (C=O) groups is 6. The monoisotopic (exact) mass is 806 g/mol. The second-order valence-corrected chi connectivity index (χ2v) is 15.8. The first-order valence-corrected chi connectivity index (χ1v) is 21.3. The number of nitrogens with zero attached hydrogens (tertiary/aromatic N) is 3. The van der Waals surface area contributed by atoms with Crippen LogP contribution < -0.4 is 16.0 Å². The van der Waals surface area contributed by atoms with Gasteiger partial charge in [-0.3, -0.25) is 28.8 Å². The van der Waals surface area contributed by atoms with Gasteiger partial charge in [-0.25, -0.2) is 15.0 Å². The second-order valence-electron chi connectivity index (χ2n) is 15.8. The highest BCUT2D eigenvalue weighted by Crippen LogP contribution is 2.17. The van der Waals surface area contributed by atoms with Crippen molar-refractivity contribution in [2.75, 3.05) is 0 Å². The first-order chi connectivity index (χ1) is 28.0. The fraction of sp³-hybridized carbons (Fsp3) is 0.651. The van der Waals surface area contributed by atoms with Gasteiger partial charge in [0.15, 0.2) is 17.3 Å². The van der Waals surface area contributed by atoms with E-state index in [4.69, 9.17) is 0 Å². The van der Waals surface area contributed by atoms with E-state index < -0.39 is 47.6 Å². The number of aromatic amines is 3. The van der Waals surface area contributed by atoms with Crippen LogP contribution in [0.2, 0.25) is 0 Å². The maximum absolute atomic E-state index is 13.9. The summed E-state index contributed by atoms with van der Waals surface area (Å²) < 4.78 is 0. The van der Waals surface area contributed by atoms with Crippen LogP contribution in [0.3, 0.4) is 0 Å². The fourth-order valence-electron chi connectivity index (χ4n) is 6.88. The average Bonchev–Trinajstić information content (AvgIpc) is 4.01. The van der Waals surface area contributed by atoms with Crippen molar-refractivity contribution in [1.29, 1.82) is 0 Å². The van der Waals surface area contributed by atoms with Crippen LogP contribution in [0, 0.1) is 11.8 Å². The highest BCUT2D eigenvalue weighted by molar-refractivity contribution is 5.96. The Morgan fingerprint density at radius 3 is 1.48 bits per heavy atom. The Labute approximate surface area is 343 Å². The number of nitrogens with one attached hydrogen (secondary N) is 6. The van der Waals surface area contributed by atoms with E-state index >= 15 is 0 Å². The largest absolute Gasteiger partial charge is 0.348 e. The first kappa shape index (κ1) is 47.4. The van der Waals surface area contributed by atoms with Gasteiger partial charge < -0.3 is 30.9 Å². The Balaban J connectivity index is 1.55. The Bertz CT molecular complexity index is 1640. The summed E-state index contributed by atoms with van der Waals surface area (Å²) in [6, 6.07) is -2.66. The predicted octanol–water partition coefficient (Wildman–Crippen LogP) is 5.60. The number of imidazole rings is 3. The predicted molar refractivity (Wildman–Crippen MR) is 221 cm³/mol. The molecule has 0 radical (unpaired) electrons. The molecule has 3 amide bonds. The molecule has 0 aliphatic rings. The van der Waals surface area contributed by atoms with E-state index in [2.05, 4.69) is 52.8 Å². The van der Waals surface area contributed by atoms with Crippen molar-refractivity contribution in [1.82, 2.24) is 45.9 Å². The fourth-order valence-corrected chi connectivity index (χ4v) is 6.88. The number of ketones is 3. The number of carbonyl (C=O) groups excluding carboxylic acids is 6. The molecule has 3 aromatic rings. The topological polar surface area (TPSA) is 225 Å². The van der Waals surface area contributed by atoms with Crippen molar-refractivity contribution >= 4 is 35.1 Å². The molecule has 3 rings (SSSR count). The normalized spacial score (nSPS) is 13.9. The van der Waals surface area contributed by atoms with Gasteiger partial charge in [0.1, 0.15) is 0 Å². The van der Waals surface area contributed by atoms with E-state index in [1.165, 1.54) is 83.7 Å². The lowest BCUT2D eigenvalue weighted by atomic mass is 9.91. The molecule has 5 atom stereocenters. The molecule has 0 fully saturated rings. The molecule has 15 nitrogen and oxygen atoms in total. The molecule has 0 unspecified atom stereocenters. The minimum absolute atomic E-state index is 0.0746. The van der Waals surface area contributed by atoms with Gasteiger partial charge in [0.2, 0.25) is 17.7 Å². The molecule has 0 bridgehead atoms. The molecule has 0 saturated carbocycles. The third-order valence-corrected chi connectivity index (χ3v) is 10.7. The number of hydrogen-bond acceptors (Lipinski definition) is 9. The number of amides is 3. The van der Waals surface area contributed by atoms with Crippen LogP contribution in [0.4, 0.5) is 0 Å². The van der Waals surface area contributed by atoms with Crippen LogP contribution >= 0.6 is 0 Å². The summed E-state index contributed by atoms with van der Waals surface area (Å²) in [5.41, 5.74) is 1.90. The molecule has 320 valence electrons. The first-order valence-electron chi connectivity index (χ1n) is 21.3. The molecule has 3 aromatic heterocycles. The Kier molecular flexibility index (Phi) is 22.0. The van der Waals surface area contributed by atoms with E-state index in [0.717, 1.165) is 25.7 Å². The molecule has 58 heavy (non-hydrogen) atoms. The average molecular weight is 806 g/mol. The summed E-state index contributed by atoms with van der Waals surface area (Å²) in [4.78, 5) is 100. The number of unbranched alkanes of at least 4 members (excludes halogenated alkanes) is 12. The van der Waals surface area contributed by atoms with E-state index in [0.29, 0.717) is 23.5 Å². The van der Waals surface area contributed by atoms with Crippen molar-refractivity contribution in [3.05, 3.63) is 54.7 Å². The van der Waals surface area contributed by atoms with E-state index in [9.17, 15) is 28.8 Å². The van der Waals surface area contributed by atoms with E-state index in [1.807, 2.05) is 0 Å². The minimum Gasteiger partial charge on any atom is -0.348 e. The molecule has 0 aliphatic heterocycles. The molecular weight excluding hydrogens is 739 g/mol. The van der Waals surface area contributed by atoms with Crippen LogP contribution in [0.25, 0.3) is 0 Å². The maximum Gasteiger partial charge on any atom is 0.224 e. The van der Waals surface area contributed by atoms with Crippen LogP contribution in [-0.4, -0.2) is 83.1 Å². The standard InChI is InChI=1S/C43H67N9O6/c1-5-6-7-8-9-10-11-12-13-14-15-16-17-18-41(56)51-37(22-35-25-45-28-48-35)39(54)19-30(2)42(57)52-38(23-36-26-46-29-49-36)40(55)21-33(20-34-24-44-27-47-34)43(58)50-31(3)32(4)53/h24-31,33,37-38H,5-23H2,1-4H3,(H,44,47)(H,45,48)(H,46,49)(H,50,58)(H,51,56)(H,52,57)/t30-,31+,33+,37+,38-/m1/s1.